The van der Waals surface area contributed by atoms with Gasteiger partial charge in [-0.05, 0) is 54.1 Å². The number of methoxy groups -OCH3 is 1. The van der Waals surface area contributed by atoms with Crippen LogP contribution in [0.4, 0.5) is 5.69 Å². The van der Waals surface area contributed by atoms with Gasteiger partial charge in [-0.15, -0.1) is 0 Å². The molecule has 3 aromatic rings. The molecule has 0 atom stereocenters. The largest absolute Gasteiger partial charge is 0.497 e. The minimum absolute atomic E-state index is 0.181. The third kappa shape index (κ3) is 6.49. The Morgan fingerprint density at radius 3 is 2.12 bits per heavy atom. The topological polar surface area (TPSA) is 84.9 Å². The molecule has 3 aromatic carbocycles. The third-order valence-electron chi connectivity index (χ3n) is 4.70. The molecule has 8 heteroatoms. The van der Waals surface area contributed by atoms with Gasteiger partial charge in [-0.3, -0.25) is 9.10 Å². The number of hydrogen-bond acceptors (Lipinski definition) is 5. The van der Waals surface area contributed by atoms with E-state index in [-0.39, 0.29) is 12.5 Å². The molecule has 0 aliphatic carbocycles. The SMILES string of the molecule is COc1ccc(OCCNC(=O)c2ccc(CN(c3ccccc3)S(C)(=O)=O)cc2)cc1. The van der Waals surface area contributed by atoms with E-state index in [4.69, 9.17) is 9.47 Å². The van der Waals surface area contributed by atoms with Crippen LogP contribution in [-0.4, -0.2) is 40.8 Å². The van der Waals surface area contributed by atoms with Crippen LogP contribution in [0.3, 0.4) is 0 Å². The molecule has 7 nitrogen and oxygen atoms in total. The van der Waals surface area contributed by atoms with Crippen molar-refractivity contribution in [3.05, 3.63) is 90.0 Å². The molecule has 32 heavy (non-hydrogen) atoms. The van der Waals surface area contributed by atoms with Gasteiger partial charge in [0.25, 0.3) is 5.91 Å². The van der Waals surface area contributed by atoms with Gasteiger partial charge >= 0.3 is 0 Å². The molecule has 0 radical (unpaired) electrons. The predicted molar refractivity (Wildman–Crippen MR) is 125 cm³/mol. The maximum atomic E-state index is 12.4. The zero-order valence-corrected chi connectivity index (χ0v) is 18.8. The number of para-hydroxylation sites is 1. The molecule has 0 aliphatic heterocycles. The summed E-state index contributed by atoms with van der Waals surface area (Å²) in [6.07, 6.45) is 1.18. The summed E-state index contributed by atoms with van der Waals surface area (Å²) in [6.45, 7) is 0.861. The van der Waals surface area contributed by atoms with Crippen molar-refractivity contribution in [3.8, 4) is 11.5 Å². The molecule has 0 bridgehead atoms. The summed E-state index contributed by atoms with van der Waals surface area (Å²) in [4.78, 5) is 12.4. The molecule has 3 rings (SSSR count). The summed E-state index contributed by atoms with van der Waals surface area (Å²) in [6, 6.07) is 23.0. The highest BCUT2D eigenvalue weighted by molar-refractivity contribution is 7.92. The number of carbonyl (C=O) groups is 1. The molecular weight excluding hydrogens is 428 g/mol. The number of benzene rings is 3. The first-order valence-corrected chi connectivity index (χ1v) is 11.9. The lowest BCUT2D eigenvalue weighted by molar-refractivity contribution is 0.0947. The third-order valence-corrected chi connectivity index (χ3v) is 5.84. The Labute approximate surface area is 188 Å². The molecule has 1 N–H and O–H groups in total. The fourth-order valence-corrected chi connectivity index (χ4v) is 3.92. The van der Waals surface area contributed by atoms with E-state index in [2.05, 4.69) is 5.32 Å². The van der Waals surface area contributed by atoms with Gasteiger partial charge in [0, 0.05) is 5.56 Å². The average molecular weight is 455 g/mol. The van der Waals surface area contributed by atoms with Crippen molar-refractivity contribution in [1.82, 2.24) is 5.32 Å². The van der Waals surface area contributed by atoms with Crippen LogP contribution in [0, 0.1) is 0 Å². The first-order valence-electron chi connectivity index (χ1n) is 10.0. The first-order chi connectivity index (χ1) is 15.4. The molecule has 0 heterocycles. The van der Waals surface area contributed by atoms with Crippen LogP contribution >= 0.6 is 0 Å². The summed E-state index contributed by atoms with van der Waals surface area (Å²) in [5.74, 6) is 1.22. The number of hydrogen-bond donors (Lipinski definition) is 1. The molecule has 0 saturated heterocycles. The van der Waals surface area contributed by atoms with Gasteiger partial charge in [-0.2, -0.15) is 0 Å². The molecule has 0 unspecified atom stereocenters. The fraction of sp³-hybridized carbons (Fsp3) is 0.208. The van der Waals surface area contributed by atoms with Gasteiger partial charge in [0.15, 0.2) is 0 Å². The van der Waals surface area contributed by atoms with E-state index in [1.807, 2.05) is 6.07 Å². The average Bonchev–Trinajstić information content (AvgIpc) is 2.80. The van der Waals surface area contributed by atoms with Gasteiger partial charge in [0.2, 0.25) is 10.0 Å². The predicted octanol–water partition coefficient (Wildman–Crippen LogP) is 3.47. The number of nitrogens with one attached hydrogen (secondary N) is 1. The number of sulfonamides is 1. The standard InChI is InChI=1S/C24H26N2O5S/c1-30-22-12-14-23(15-13-22)31-17-16-25-24(27)20-10-8-19(9-11-20)18-26(32(2,28)29)21-6-4-3-5-7-21/h3-15H,16-18H2,1-2H3,(H,25,27). The van der Waals surface area contributed by atoms with E-state index < -0.39 is 10.0 Å². The van der Waals surface area contributed by atoms with E-state index in [9.17, 15) is 13.2 Å². The van der Waals surface area contributed by atoms with Crippen molar-refractivity contribution in [1.29, 1.82) is 0 Å². The lowest BCUT2D eigenvalue weighted by Crippen LogP contribution is -2.29. The second-order valence-electron chi connectivity index (χ2n) is 7.08. The van der Waals surface area contributed by atoms with E-state index in [1.165, 1.54) is 10.6 Å². The van der Waals surface area contributed by atoms with Gasteiger partial charge in [-0.1, -0.05) is 30.3 Å². The van der Waals surface area contributed by atoms with Crippen LogP contribution in [0.2, 0.25) is 0 Å². The summed E-state index contributed by atoms with van der Waals surface area (Å²) in [5.41, 5.74) is 1.86. The van der Waals surface area contributed by atoms with Gasteiger partial charge in [0.1, 0.15) is 18.1 Å². The van der Waals surface area contributed by atoms with Crippen molar-refractivity contribution in [2.24, 2.45) is 0 Å². The highest BCUT2D eigenvalue weighted by Gasteiger charge is 2.17. The zero-order chi connectivity index (χ0) is 23.0. The van der Waals surface area contributed by atoms with Crippen LogP contribution in [0.25, 0.3) is 0 Å². The molecule has 0 aromatic heterocycles. The highest BCUT2D eigenvalue weighted by atomic mass is 32.2. The van der Waals surface area contributed by atoms with Crippen molar-refractivity contribution in [3.63, 3.8) is 0 Å². The van der Waals surface area contributed by atoms with Gasteiger partial charge < -0.3 is 14.8 Å². The Morgan fingerprint density at radius 2 is 1.53 bits per heavy atom. The van der Waals surface area contributed by atoms with E-state index in [0.717, 1.165) is 11.3 Å². The number of anilines is 1. The van der Waals surface area contributed by atoms with E-state index in [1.54, 1.807) is 79.9 Å². The molecule has 0 fully saturated rings. The maximum absolute atomic E-state index is 12.4. The minimum Gasteiger partial charge on any atom is -0.497 e. The van der Waals surface area contributed by atoms with Crippen LogP contribution < -0.4 is 19.1 Å². The summed E-state index contributed by atoms with van der Waals surface area (Å²) in [7, 11) is -1.85. The minimum atomic E-state index is -3.45. The number of amides is 1. The summed E-state index contributed by atoms with van der Waals surface area (Å²) in [5, 5.41) is 2.81. The van der Waals surface area contributed by atoms with Crippen molar-refractivity contribution >= 4 is 21.6 Å². The normalized spacial score (nSPS) is 10.9. The molecule has 0 aliphatic rings. The fourth-order valence-electron chi connectivity index (χ4n) is 3.03. The first kappa shape index (κ1) is 23.1. The Hall–Kier alpha value is -3.52. The van der Waals surface area contributed by atoms with Gasteiger partial charge in [-0.25, -0.2) is 8.42 Å². The quantitative estimate of drug-likeness (QED) is 0.474. The molecule has 168 valence electrons. The maximum Gasteiger partial charge on any atom is 0.251 e. The Kier molecular flexibility index (Phi) is 7.72. The smallest absolute Gasteiger partial charge is 0.251 e. The second-order valence-corrected chi connectivity index (χ2v) is 8.99. The molecular formula is C24H26N2O5S. The molecule has 0 saturated carbocycles. The Bertz CT molecular complexity index is 1120. The lowest BCUT2D eigenvalue weighted by atomic mass is 10.1. The molecule has 0 spiro atoms. The lowest BCUT2D eigenvalue weighted by Gasteiger charge is -2.22. The van der Waals surface area contributed by atoms with E-state index in [0.29, 0.717) is 30.2 Å². The van der Waals surface area contributed by atoms with Crippen LogP contribution in [0.1, 0.15) is 15.9 Å². The zero-order valence-electron chi connectivity index (χ0n) is 18.0. The monoisotopic (exact) mass is 454 g/mol. The van der Waals surface area contributed by atoms with Gasteiger partial charge in [0.05, 0.1) is 32.1 Å². The van der Waals surface area contributed by atoms with Crippen LogP contribution in [-0.2, 0) is 16.6 Å². The van der Waals surface area contributed by atoms with Crippen molar-refractivity contribution in [2.45, 2.75) is 6.54 Å². The summed E-state index contributed by atoms with van der Waals surface area (Å²) < 4.78 is 36.5. The summed E-state index contributed by atoms with van der Waals surface area (Å²) >= 11 is 0. The number of carbonyl (C=O) groups excluding carboxylic acids is 1. The number of ether oxygens (including phenoxy) is 2. The van der Waals surface area contributed by atoms with Crippen LogP contribution in [0.5, 0.6) is 11.5 Å². The van der Waals surface area contributed by atoms with Crippen LogP contribution in [0.15, 0.2) is 78.9 Å². The highest BCUT2D eigenvalue weighted by Crippen LogP contribution is 2.20. The van der Waals surface area contributed by atoms with E-state index >= 15 is 0 Å². The number of nitrogens with zero attached hydrogens (tertiary/aromatic N) is 1. The Morgan fingerprint density at radius 1 is 0.906 bits per heavy atom. The van der Waals surface area contributed by atoms with Crippen molar-refractivity contribution < 1.29 is 22.7 Å². The van der Waals surface area contributed by atoms with Crippen molar-refractivity contribution in [2.75, 3.05) is 30.8 Å². The second kappa shape index (κ2) is 10.7. The Balaban J connectivity index is 1.53. The number of rotatable bonds is 10. The molecule has 1 amide bonds.